The molecule has 0 aliphatic heterocycles. The largest absolute Gasteiger partial charge is 0.478 e. The Morgan fingerprint density at radius 1 is 1.43 bits per heavy atom. The van der Waals surface area contributed by atoms with Crippen molar-refractivity contribution < 1.29 is 14.7 Å². The van der Waals surface area contributed by atoms with Crippen LogP contribution >= 0.6 is 11.6 Å². The minimum Gasteiger partial charge on any atom is -0.478 e. The summed E-state index contributed by atoms with van der Waals surface area (Å²) in [5, 5.41) is 12.0. The first-order valence-electron chi connectivity index (χ1n) is 6.63. The van der Waals surface area contributed by atoms with E-state index >= 15 is 0 Å². The number of carbonyl (C=O) groups excluding carboxylic acids is 1. The van der Waals surface area contributed by atoms with E-state index in [-0.39, 0.29) is 12.5 Å². The van der Waals surface area contributed by atoms with E-state index in [0.717, 1.165) is 12.5 Å². The Morgan fingerprint density at radius 3 is 2.76 bits per heavy atom. The van der Waals surface area contributed by atoms with Gasteiger partial charge in [0.1, 0.15) is 0 Å². The van der Waals surface area contributed by atoms with Gasteiger partial charge in [0, 0.05) is 35.9 Å². The lowest BCUT2D eigenvalue weighted by molar-refractivity contribution is -0.131. The second-order valence-corrected chi connectivity index (χ2v) is 4.96. The molecule has 0 heterocycles. The first kappa shape index (κ1) is 17.0. The summed E-state index contributed by atoms with van der Waals surface area (Å²) in [6.07, 6.45) is 3.33. The first-order chi connectivity index (χ1) is 9.95. The molecule has 2 N–H and O–H groups in total. The molecule has 0 aliphatic rings. The Hall–Kier alpha value is -2.01. The smallest absolute Gasteiger partial charge is 0.328 e. The first-order valence-corrected chi connectivity index (χ1v) is 7.00. The van der Waals surface area contributed by atoms with Crippen LogP contribution in [0.15, 0.2) is 24.3 Å². The molecule has 114 valence electrons. The topological polar surface area (TPSA) is 69.6 Å². The molecule has 1 amide bonds. The van der Waals surface area contributed by atoms with E-state index in [0.29, 0.717) is 22.8 Å². The predicted octanol–water partition coefficient (Wildman–Crippen LogP) is 2.40. The summed E-state index contributed by atoms with van der Waals surface area (Å²) in [4.78, 5) is 24.1. The fourth-order valence-corrected chi connectivity index (χ4v) is 2.03. The lowest BCUT2D eigenvalue weighted by atomic mass is 10.1. The van der Waals surface area contributed by atoms with E-state index < -0.39 is 5.97 Å². The minimum absolute atomic E-state index is 0.0903. The highest BCUT2D eigenvalue weighted by atomic mass is 35.5. The van der Waals surface area contributed by atoms with Gasteiger partial charge >= 0.3 is 5.97 Å². The van der Waals surface area contributed by atoms with Crippen LogP contribution in [0.5, 0.6) is 0 Å². The number of anilines is 1. The maximum Gasteiger partial charge on any atom is 0.328 e. The summed E-state index contributed by atoms with van der Waals surface area (Å²) < 4.78 is 0. The Bertz CT molecular complexity index is 544. The number of carboxylic acid groups (broad SMARTS) is 1. The molecule has 0 aliphatic carbocycles. The van der Waals surface area contributed by atoms with Crippen molar-refractivity contribution in [1.29, 1.82) is 0 Å². The fourth-order valence-electron chi connectivity index (χ4n) is 1.80. The highest BCUT2D eigenvalue weighted by molar-refractivity contribution is 6.32. The van der Waals surface area contributed by atoms with Crippen LogP contribution in [0.25, 0.3) is 6.08 Å². The van der Waals surface area contributed by atoms with Gasteiger partial charge in [-0.25, -0.2) is 4.79 Å². The van der Waals surface area contributed by atoms with Crippen molar-refractivity contribution in [2.75, 3.05) is 25.0 Å². The Kier molecular flexibility index (Phi) is 6.75. The zero-order chi connectivity index (χ0) is 15.8. The van der Waals surface area contributed by atoms with Crippen LogP contribution in [0.1, 0.15) is 18.9 Å². The van der Waals surface area contributed by atoms with Crippen LogP contribution in [-0.2, 0) is 9.59 Å². The Balaban J connectivity index is 2.93. The molecule has 0 radical (unpaired) electrons. The maximum atomic E-state index is 11.8. The molecule has 6 heteroatoms. The van der Waals surface area contributed by atoms with E-state index in [1.165, 1.54) is 6.08 Å². The van der Waals surface area contributed by atoms with Gasteiger partial charge in [0.2, 0.25) is 5.91 Å². The van der Waals surface area contributed by atoms with Crippen LogP contribution in [0.3, 0.4) is 0 Å². The van der Waals surface area contributed by atoms with Crippen molar-refractivity contribution >= 4 is 35.2 Å². The molecule has 0 bridgehead atoms. The molecular weight excluding hydrogens is 292 g/mol. The number of nitrogens with zero attached hydrogens (tertiary/aromatic N) is 1. The van der Waals surface area contributed by atoms with Crippen LogP contribution < -0.4 is 10.2 Å². The molecule has 1 rings (SSSR count). The fraction of sp³-hybridized carbons (Fsp3) is 0.333. The van der Waals surface area contributed by atoms with Crippen molar-refractivity contribution in [3.63, 3.8) is 0 Å². The van der Waals surface area contributed by atoms with Gasteiger partial charge in [0.15, 0.2) is 0 Å². The molecule has 1 aromatic rings. The van der Waals surface area contributed by atoms with Crippen LogP contribution in [0.4, 0.5) is 5.69 Å². The van der Waals surface area contributed by atoms with Gasteiger partial charge in [-0.3, -0.25) is 4.79 Å². The van der Waals surface area contributed by atoms with E-state index in [1.54, 1.807) is 30.1 Å². The maximum absolute atomic E-state index is 11.8. The lowest BCUT2D eigenvalue weighted by Crippen LogP contribution is -2.35. The number of halogens is 1. The summed E-state index contributed by atoms with van der Waals surface area (Å²) in [6.45, 7) is 2.79. The standard InChI is InChI=1S/C15H19ClN2O3/c1-3-9-17-14(19)10-18(2)13-6-4-5-12(16)11(13)7-8-15(20)21/h4-8H,3,9-10H2,1-2H3,(H,17,19)(H,20,21). The molecular formula is C15H19ClN2O3. The molecule has 1 aromatic carbocycles. The number of hydrogen-bond acceptors (Lipinski definition) is 3. The summed E-state index contributed by atoms with van der Waals surface area (Å²) >= 11 is 6.11. The molecule has 0 unspecified atom stereocenters. The normalized spacial score (nSPS) is 10.6. The number of hydrogen-bond donors (Lipinski definition) is 2. The molecule has 0 fully saturated rings. The van der Waals surface area contributed by atoms with Gasteiger partial charge in [0.25, 0.3) is 0 Å². The zero-order valence-corrected chi connectivity index (χ0v) is 12.9. The van der Waals surface area contributed by atoms with E-state index in [1.807, 2.05) is 6.92 Å². The second-order valence-electron chi connectivity index (χ2n) is 4.55. The number of nitrogens with one attached hydrogen (secondary N) is 1. The third-order valence-corrected chi connectivity index (χ3v) is 3.12. The number of rotatable bonds is 7. The Morgan fingerprint density at radius 2 is 2.14 bits per heavy atom. The van der Waals surface area contributed by atoms with Gasteiger partial charge in [-0.15, -0.1) is 0 Å². The third kappa shape index (κ3) is 5.47. The predicted molar refractivity (Wildman–Crippen MR) is 84.7 cm³/mol. The van der Waals surface area contributed by atoms with Gasteiger partial charge in [0.05, 0.1) is 6.54 Å². The minimum atomic E-state index is -1.05. The SMILES string of the molecule is CCCNC(=O)CN(C)c1cccc(Cl)c1C=CC(=O)O. The van der Waals surface area contributed by atoms with Crippen LogP contribution in [-0.4, -0.2) is 37.1 Å². The van der Waals surface area contributed by atoms with Crippen molar-refractivity contribution in [2.24, 2.45) is 0 Å². The van der Waals surface area contributed by atoms with E-state index in [2.05, 4.69) is 5.32 Å². The third-order valence-electron chi connectivity index (χ3n) is 2.79. The van der Waals surface area contributed by atoms with E-state index in [4.69, 9.17) is 16.7 Å². The quantitative estimate of drug-likeness (QED) is 0.759. The average Bonchev–Trinajstić information content (AvgIpc) is 2.43. The highest BCUT2D eigenvalue weighted by Gasteiger charge is 2.12. The number of amides is 1. The Labute approximate surface area is 129 Å². The highest BCUT2D eigenvalue weighted by Crippen LogP contribution is 2.28. The van der Waals surface area contributed by atoms with Gasteiger partial charge < -0.3 is 15.3 Å². The number of likely N-dealkylation sites (N-methyl/N-ethyl adjacent to an activating group) is 1. The number of carbonyl (C=O) groups is 2. The van der Waals surface area contributed by atoms with Crippen molar-refractivity contribution in [3.8, 4) is 0 Å². The summed E-state index contributed by atoms with van der Waals surface area (Å²) in [7, 11) is 1.76. The number of carboxylic acids is 1. The van der Waals surface area contributed by atoms with Gasteiger partial charge in [-0.1, -0.05) is 24.6 Å². The lowest BCUT2D eigenvalue weighted by Gasteiger charge is -2.21. The summed E-state index contributed by atoms with van der Waals surface area (Å²) in [5.41, 5.74) is 1.28. The van der Waals surface area contributed by atoms with Crippen molar-refractivity contribution in [1.82, 2.24) is 5.32 Å². The number of benzene rings is 1. The van der Waals surface area contributed by atoms with Gasteiger partial charge in [-0.2, -0.15) is 0 Å². The van der Waals surface area contributed by atoms with Gasteiger partial charge in [-0.05, 0) is 24.6 Å². The summed E-state index contributed by atoms with van der Waals surface area (Å²) in [5.74, 6) is -1.14. The molecule has 0 aromatic heterocycles. The number of aliphatic carboxylic acids is 1. The molecule has 5 nitrogen and oxygen atoms in total. The summed E-state index contributed by atoms with van der Waals surface area (Å²) in [6, 6.07) is 5.23. The molecule has 0 saturated heterocycles. The van der Waals surface area contributed by atoms with Crippen molar-refractivity contribution in [2.45, 2.75) is 13.3 Å². The second kappa shape index (κ2) is 8.32. The molecule has 21 heavy (non-hydrogen) atoms. The van der Waals surface area contributed by atoms with Crippen LogP contribution in [0, 0.1) is 0 Å². The average molecular weight is 311 g/mol. The zero-order valence-electron chi connectivity index (χ0n) is 12.1. The molecule has 0 spiro atoms. The van der Waals surface area contributed by atoms with Crippen LogP contribution in [0.2, 0.25) is 5.02 Å². The molecule has 0 saturated carbocycles. The van der Waals surface area contributed by atoms with Crippen molar-refractivity contribution in [3.05, 3.63) is 34.9 Å². The monoisotopic (exact) mass is 310 g/mol. The molecule has 0 atom stereocenters. The van der Waals surface area contributed by atoms with E-state index in [9.17, 15) is 9.59 Å².